The van der Waals surface area contributed by atoms with Crippen LogP contribution >= 0.6 is 22.9 Å². The van der Waals surface area contributed by atoms with Crippen LogP contribution in [0.15, 0.2) is 35.7 Å². The standard InChI is InChI=1S/C18H17ClN2OS/c1-18(2,3)15-11-23-17(14(15)10-20)21-16(22)9-6-12-4-7-13(19)8-5-12/h4-9,11H,1-3H3,(H,21,22)/b9-6+. The fourth-order valence-electron chi connectivity index (χ4n) is 2.01. The topological polar surface area (TPSA) is 52.9 Å². The Morgan fingerprint density at radius 2 is 1.96 bits per heavy atom. The number of hydrogen-bond acceptors (Lipinski definition) is 3. The van der Waals surface area contributed by atoms with Crippen molar-refractivity contribution in [3.05, 3.63) is 57.4 Å². The van der Waals surface area contributed by atoms with E-state index in [1.807, 2.05) is 38.3 Å². The zero-order chi connectivity index (χ0) is 17.0. The van der Waals surface area contributed by atoms with E-state index in [1.165, 1.54) is 17.4 Å². The van der Waals surface area contributed by atoms with Gasteiger partial charge in [0.25, 0.3) is 0 Å². The van der Waals surface area contributed by atoms with E-state index in [9.17, 15) is 10.1 Å². The summed E-state index contributed by atoms with van der Waals surface area (Å²) in [5.41, 5.74) is 2.23. The molecule has 118 valence electrons. The highest BCUT2D eigenvalue weighted by molar-refractivity contribution is 7.14. The van der Waals surface area contributed by atoms with Crippen LogP contribution in [-0.2, 0) is 10.2 Å². The number of amides is 1. The summed E-state index contributed by atoms with van der Waals surface area (Å²) in [5.74, 6) is -0.265. The van der Waals surface area contributed by atoms with Gasteiger partial charge >= 0.3 is 0 Å². The number of halogens is 1. The van der Waals surface area contributed by atoms with Gasteiger partial charge in [0.15, 0.2) is 0 Å². The molecule has 5 heteroatoms. The van der Waals surface area contributed by atoms with E-state index in [0.29, 0.717) is 15.6 Å². The first-order valence-corrected chi connectivity index (χ1v) is 8.33. The molecule has 23 heavy (non-hydrogen) atoms. The molecular formula is C18H17ClN2OS. The zero-order valence-corrected chi connectivity index (χ0v) is 14.8. The maximum atomic E-state index is 12.1. The van der Waals surface area contributed by atoms with E-state index >= 15 is 0 Å². The van der Waals surface area contributed by atoms with Gasteiger partial charge in [0.1, 0.15) is 11.1 Å². The lowest BCUT2D eigenvalue weighted by Crippen LogP contribution is -2.13. The molecule has 1 heterocycles. The second-order valence-electron chi connectivity index (χ2n) is 6.09. The predicted octanol–water partition coefficient (Wildman–Crippen LogP) is 5.22. The van der Waals surface area contributed by atoms with Crippen molar-refractivity contribution in [3.63, 3.8) is 0 Å². The Labute approximate surface area is 145 Å². The normalized spacial score (nSPS) is 11.4. The average molecular weight is 345 g/mol. The third-order valence-corrected chi connectivity index (χ3v) is 4.39. The van der Waals surface area contributed by atoms with Gasteiger partial charge in [0, 0.05) is 11.1 Å². The van der Waals surface area contributed by atoms with Crippen LogP contribution in [0.4, 0.5) is 5.00 Å². The van der Waals surface area contributed by atoms with E-state index in [0.717, 1.165) is 11.1 Å². The molecular weight excluding hydrogens is 328 g/mol. The van der Waals surface area contributed by atoms with Crippen molar-refractivity contribution in [3.8, 4) is 6.07 Å². The Balaban J connectivity index is 2.13. The maximum Gasteiger partial charge on any atom is 0.249 e. The van der Waals surface area contributed by atoms with E-state index in [4.69, 9.17) is 11.6 Å². The molecule has 0 saturated carbocycles. The van der Waals surface area contributed by atoms with Gasteiger partial charge in [-0.25, -0.2) is 0 Å². The summed E-state index contributed by atoms with van der Waals surface area (Å²) in [7, 11) is 0. The summed E-state index contributed by atoms with van der Waals surface area (Å²) in [4.78, 5) is 12.1. The van der Waals surface area contributed by atoms with Crippen LogP contribution in [0.25, 0.3) is 6.08 Å². The van der Waals surface area contributed by atoms with E-state index in [-0.39, 0.29) is 11.3 Å². The van der Waals surface area contributed by atoms with Crippen LogP contribution in [-0.4, -0.2) is 5.91 Å². The molecule has 0 saturated heterocycles. The van der Waals surface area contributed by atoms with Gasteiger partial charge in [0.2, 0.25) is 5.91 Å². The number of hydrogen-bond donors (Lipinski definition) is 1. The molecule has 0 aliphatic rings. The summed E-state index contributed by atoms with van der Waals surface area (Å²) in [6, 6.07) is 9.38. The Bertz CT molecular complexity index is 777. The molecule has 3 nitrogen and oxygen atoms in total. The SMILES string of the molecule is CC(C)(C)c1csc(NC(=O)/C=C/c2ccc(Cl)cc2)c1C#N. The molecule has 0 aliphatic carbocycles. The number of carbonyl (C=O) groups is 1. The molecule has 0 spiro atoms. The minimum absolute atomic E-state index is 0.135. The van der Waals surface area contributed by atoms with Gasteiger partial charge in [-0.05, 0) is 40.1 Å². The van der Waals surface area contributed by atoms with Gasteiger partial charge < -0.3 is 5.32 Å². The molecule has 0 aliphatic heterocycles. The van der Waals surface area contributed by atoms with Crippen molar-refractivity contribution in [2.75, 3.05) is 5.32 Å². The quantitative estimate of drug-likeness (QED) is 0.776. The Hall–Kier alpha value is -2.09. The second kappa shape index (κ2) is 6.99. The Morgan fingerprint density at radius 1 is 1.30 bits per heavy atom. The smallest absolute Gasteiger partial charge is 0.249 e. The molecule has 0 unspecified atom stereocenters. The summed E-state index contributed by atoms with van der Waals surface area (Å²) in [5, 5.41) is 15.3. The first kappa shape index (κ1) is 17.3. The summed E-state index contributed by atoms with van der Waals surface area (Å²) in [6.07, 6.45) is 3.15. The Morgan fingerprint density at radius 3 is 2.52 bits per heavy atom. The van der Waals surface area contributed by atoms with Crippen molar-refractivity contribution < 1.29 is 4.79 Å². The van der Waals surface area contributed by atoms with Crippen molar-refractivity contribution in [2.24, 2.45) is 0 Å². The highest BCUT2D eigenvalue weighted by Crippen LogP contribution is 2.35. The molecule has 1 aromatic heterocycles. The fraction of sp³-hybridized carbons (Fsp3) is 0.222. The molecule has 0 bridgehead atoms. The molecule has 0 atom stereocenters. The number of carbonyl (C=O) groups excluding carboxylic acids is 1. The number of benzene rings is 1. The summed E-state index contributed by atoms with van der Waals surface area (Å²) >= 11 is 7.20. The average Bonchev–Trinajstić information content (AvgIpc) is 2.89. The highest BCUT2D eigenvalue weighted by atomic mass is 35.5. The largest absolute Gasteiger partial charge is 0.313 e. The van der Waals surface area contributed by atoms with Gasteiger partial charge in [-0.2, -0.15) is 5.26 Å². The van der Waals surface area contributed by atoms with Crippen molar-refractivity contribution in [2.45, 2.75) is 26.2 Å². The summed E-state index contributed by atoms with van der Waals surface area (Å²) < 4.78 is 0. The third-order valence-electron chi connectivity index (χ3n) is 3.24. The van der Waals surface area contributed by atoms with Crippen molar-refractivity contribution in [1.29, 1.82) is 5.26 Å². The lowest BCUT2D eigenvalue weighted by Gasteiger charge is -2.17. The van der Waals surface area contributed by atoms with Gasteiger partial charge in [0.05, 0.1) is 5.56 Å². The second-order valence-corrected chi connectivity index (χ2v) is 7.41. The first-order valence-electron chi connectivity index (χ1n) is 7.08. The molecule has 2 aromatic rings. The monoisotopic (exact) mass is 344 g/mol. The first-order chi connectivity index (χ1) is 10.8. The number of nitrogens with one attached hydrogen (secondary N) is 1. The van der Waals surface area contributed by atoms with Gasteiger partial charge in [-0.15, -0.1) is 11.3 Å². The molecule has 0 radical (unpaired) electrons. The van der Waals surface area contributed by atoms with Gasteiger partial charge in [-0.3, -0.25) is 4.79 Å². The van der Waals surface area contributed by atoms with Crippen LogP contribution in [0.5, 0.6) is 0 Å². The van der Waals surface area contributed by atoms with E-state index in [1.54, 1.807) is 18.2 Å². The zero-order valence-electron chi connectivity index (χ0n) is 13.2. The van der Waals surface area contributed by atoms with Crippen LogP contribution in [0.2, 0.25) is 5.02 Å². The molecule has 1 amide bonds. The van der Waals surface area contributed by atoms with Gasteiger partial charge in [-0.1, -0.05) is 44.5 Å². The van der Waals surface area contributed by atoms with E-state index in [2.05, 4.69) is 11.4 Å². The van der Waals surface area contributed by atoms with Crippen molar-refractivity contribution in [1.82, 2.24) is 0 Å². The summed E-state index contributed by atoms with van der Waals surface area (Å²) in [6.45, 7) is 6.13. The lowest BCUT2D eigenvalue weighted by atomic mass is 9.86. The molecule has 1 aromatic carbocycles. The maximum absolute atomic E-state index is 12.1. The molecule has 1 N–H and O–H groups in total. The number of thiophene rings is 1. The minimum atomic E-state index is -0.265. The molecule has 0 fully saturated rings. The fourth-order valence-corrected chi connectivity index (χ4v) is 3.28. The lowest BCUT2D eigenvalue weighted by molar-refractivity contribution is -0.111. The Kier molecular flexibility index (Phi) is 5.25. The van der Waals surface area contributed by atoms with Crippen LogP contribution in [0.1, 0.15) is 37.5 Å². The molecule has 2 rings (SSSR count). The minimum Gasteiger partial charge on any atom is -0.313 e. The number of anilines is 1. The highest BCUT2D eigenvalue weighted by Gasteiger charge is 2.22. The van der Waals surface area contributed by atoms with Crippen LogP contribution < -0.4 is 5.32 Å². The predicted molar refractivity (Wildman–Crippen MR) is 96.8 cm³/mol. The number of nitrogens with zero attached hydrogens (tertiary/aromatic N) is 1. The van der Waals surface area contributed by atoms with E-state index < -0.39 is 0 Å². The van der Waals surface area contributed by atoms with Crippen LogP contribution in [0.3, 0.4) is 0 Å². The van der Waals surface area contributed by atoms with Crippen molar-refractivity contribution >= 4 is 39.9 Å². The third kappa shape index (κ3) is 4.44. The number of rotatable bonds is 3. The van der Waals surface area contributed by atoms with Crippen LogP contribution in [0, 0.1) is 11.3 Å². The number of nitriles is 1.